The van der Waals surface area contributed by atoms with Crippen molar-refractivity contribution in [3.05, 3.63) is 65.2 Å². The highest BCUT2D eigenvalue weighted by Crippen LogP contribution is 2.36. The highest BCUT2D eigenvalue weighted by Gasteiger charge is 2.29. The van der Waals surface area contributed by atoms with Gasteiger partial charge in [-0.25, -0.2) is 4.79 Å². The molecule has 9 heteroatoms. The number of nitrogens with zero attached hydrogens (tertiary/aromatic N) is 4. The van der Waals surface area contributed by atoms with Gasteiger partial charge in [-0.15, -0.1) is 16.8 Å². The fourth-order valence-corrected chi connectivity index (χ4v) is 5.88. The molecule has 0 spiro atoms. The molecular weight excluding hydrogens is 584 g/mol. The quantitative estimate of drug-likeness (QED) is 0.253. The number of benzene rings is 2. The number of piperidine rings is 2. The molecule has 0 radical (unpaired) electrons. The van der Waals surface area contributed by atoms with Crippen LogP contribution in [0, 0.1) is 0 Å². The summed E-state index contributed by atoms with van der Waals surface area (Å²) in [6, 6.07) is 14.4. The second-order valence-electron chi connectivity index (χ2n) is 11.8. The minimum absolute atomic E-state index is 0.218. The molecule has 1 unspecified atom stereocenters. The summed E-state index contributed by atoms with van der Waals surface area (Å²) in [6.45, 7) is 13.1. The highest BCUT2D eigenvalue weighted by molar-refractivity contribution is 9.10. The second kappa shape index (κ2) is 12.8. The Morgan fingerprint density at radius 1 is 1.10 bits per heavy atom. The first-order valence-electron chi connectivity index (χ1n) is 14.4. The number of aromatic nitrogens is 2. The number of carbonyl (C=O) groups is 1. The van der Waals surface area contributed by atoms with Gasteiger partial charge in [-0.1, -0.05) is 34.1 Å². The van der Waals surface area contributed by atoms with Crippen molar-refractivity contribution in [2.75, 3.05) is 37.7 Å². The molecule has 3 heterocycles. The van der Waals surface area contributed by atoms with Gasteiger partial charge in [0.15, 0.2) is 0 Å². The number of halogens is 1. The van der Waals surface area contributed by atoms with E-state index in [-0.39, 0.29) is 18.1 Å². The SMILES string of the molecule is C=CCOC1CCN(c2cc(Br)ccc2-c2nnc(-c3cccc(C4CCCN(C(=O)OC(C)(C)C)C4)c3)o2)CC1. The normalized spacial score (nSPS) is 18.4. The van der Waals surface area contributed by atoms with E-state index < -0.39 is 5.60 Å². The molecule has 5 rings (SSSR count). The van der Waals surface area contributed by atoms with E-state index in [1.54, 1.807) is 6.08 Å². The molecule has 3 aromatic rings. The maximum absolute atomic E-state index is 12.7. The molecule has 41 heavy (non-hydrogen) atoms. The van der Waals surface area contributed by atoms with Crippen molar-refractivity contribution in [2.24, 2.45) is 0 Å². The zero-order chi connectivity index (χ0) is 29.0. The highest BCUT2D eigenvalue weighted by atomic mass is 79.9. The molecular formula is C32H39BrN4O4. The standard InChI is InChI=1S/C32H39BrN4O4/c1-5-18-39-26-13-16-36(17-14-26)28-20-25(33)11-12-27(28)30-35-34-29(40-30)23-9-6-8-22(19-23)24-10-7-15-37(21-24)31(38)41-32(2,3)4/h5-6,8-9,11-12,19-20,24,26H,1,7,10,13-18,21H2,2-4H3. The fourth-order valence-electron chi connectivity index (χ4n) is 5.53. The van der Waals surface area contributed by atoms with Gasteiger partial charge in [-0.3, -0.25) is 0 Å². The van der Waals surface area contributed by atoms with Crippen LogP contribution in [0.4, 0.5) is 10.5 Å². The molecule has 218 valence electrons. The van der Waals surface area contributed by atoms with Crippen molar-refractivity contribution in [2.45, 2.75) is 64.1 Å². The van der Waals surface area contributed by atoms with Crippen molar-refractivity contribution < 1.29 is 18.7 Å². The predicted octanol–water partition coefficient (Wildman–Crippen LogP) is 7.45. The van der Waals surface area contributed by atoms with Crippen LogP contribution in [0.1, 0.15) is 57.9 Å². The maximum atomic E-state index is 12.7. The first-order valence-corrected chi connectivity index (χ1v) is 15.2. The van der Waals surface area contributed by atoms with E-state index in [9.17, 15) is 4.79 Å². The molecule has 0 bridgehead atoms. The van der Waals surface area contributed by atoms with Crippen LogP contribution in [-0.4, -0.2) is 65.7 Å². The third-order valence-electron chi connectivity index (χ3n) is 7.53. The zero-order valence-electron chi connectivity index (χ0n) is 24.1. The summed E-state index contributed by atoms with van der Waals surface area (Å²) in [5.41, 5.74) is 3.49. The van der Waals surface area contributed by atoms with Crippen molar-refractivity contribution in [1.29, 1.82) is 0 Å². The molecule has 0 saturated carbocycles. The average molecular weight is 624 g/mol. The van der Waals surface area contributed by atoms with E-state index in [4.69, 9.17) is 13.9 Å². The van der Waals surface area contributed by atoms with Gasteiger partial charge in [0.2, 0.25) is 11.8 Å². The van der Waals surface area contributed by atoms with Crippen LogP contribution in [0.2, 0.25) is 0 Å². The van der Waals surface area contributed by atoms with Gasteiger partial charge in [0.25, 0.3) is 0 Å². The van der Waals surface area contributed by atoms with Crippen molar-refractivity contribution in [3.8, 4) is 22.9 Å². The van der Waals surface area contributed by atoms with Gasteiger partial charge < -0.3 is 23.7 Å². The van der Waals surface area contributed by atoms with E-state index in [0.717, 1.165) is 65.6 Å². The molecule has 1 amide bonds. The number of likely N-dealkylation sites (tertiary alicyclic amines) is 1. The number of rotatable bonds is 7. The summed E-state index contributed by atoms with van der Waals surface area (Å²) >= 11 is 3.63. The van der Waals surface area contributed by atoms with Crippen LogP contribution in [0.15, 0.2) is 64.0 Å². The van der Waals surface area contributed by atoms with E-state index in [2.05, 4.69) is 55.8 Å². The van der Waals surface area contributed by atoms with Crippen molar-refractivity contribution >= 4 is 27.7 Å². The lowest BCUT2D eigenvalue weighted by atomic mass is 9.90. The third kappa shape index (κ3) is 7.38. The first kappa shape index (κ1) is 29.3. The Hall–Kier alpha value is -3.17. The van der Waals surface area contributed by atoms with Gasteiger partial charge in [0, 0.05) is 42.1 Å². The van der Waals surface area contributed by atoms with Crippen LogP contribution in [0.25, 0.3) is 22.9 Å². The second-order valence-corrected chi connectivity index (χ2v) is 12.7. The minimum Gasteiger partial charge on any atom is -0.444 e. The summed E-state index contributed by atoms with van der Waals surface area (Å²) in [7, 11) is 0. The molecule has 1 atom stereocenters. The monoisotopic (exact) mass is 622 g/mol. The first-order chi connectivity index (χ1) is 19.7. The van der Waals surface area contributed by atoms with Gasteiger partial charge in [0.05, 0.1) is 24.0 Å². The number of anilines is 1. The van der Waals surface area contributed by atoms with Crippen LogP contribution in [0.5, 0.6) is 0 Å². The summed E-state index contributed by atoms with van der Waals surface area (Å²) in [5, 5.41) is 8.88. The molecule has 2 aromatic carbocycles. The third-order valence-corrected chi connectivity index (χ3v) is 8.02. The van der Waals surface area contributed by atoms with Crippen molar-refractivity contribution in [1.82, 2.24) is 15.1 Å². The number of amides is 1. The molecule has 0 aliphatic carbocycles. The lowest BCUT2D eigenvalue weighted by Gasteiger charge is -2.34. The van der Waals surface area contributed by atoms with E-state index >= 15 is 0 Å². The fraction of sp³-hybridized carbons (Fsp3) is 0.469. The Kier molecular flexibility index (Phi) is 9.14. The largest absolute Gasteiger partial charge is 0.444 e. The minimum atomic E-state index is -0.509. The summed E-state index contributed by atoms with van der Waals surface area (Å²) < 4.78 is 18.8. The van der Waals surface area contributed by atoms with E-state index in [1.807, 2.05) is 49.9 Å². The zero-order valence-corrected chi connectivity index (χ0v) is 25.7. The Morgan fingerprint density at radius 2 is 1.88 bits per heavy atom. The Balaban J connectivity index is 1.32. The molecule has 2 aliphatic heterocycles. The average Bonchev–Trinajstić information content (AvgIpc) is 3.46. The Labute approximate surface area is 250 Å². The molecule has 1 aromatic heterocycles. The van der Waals surface area contributed by atoms with Crippen LogP contribution >= 0.6 is 15.9 Å². The van der Waals surface area contributed by atoms with Crippen LogP contribution in [0.3, 0.4) is 0 Å². The van der Waals surface area contributed by atoms with Crippen LogP contribution < -0.4 is 4.90 Å². The molecule has 0 N–H and O–H groups in total. The molecule has 2 aliphatic rings. The number of carbonyl (C=O) groups excluding carboxylic acids is 1. The molecule has 2 fully saturated rings. The summed E-state index contributed by atoms with van der Waals surface area (Å²) in [5.74, 6) is 1.19. The topological polar surface area (TPSA) is 80.9 Å². The van der Waals surface area contributed by atoms with Crippen LogP contribution in [-0.2, 0) is 9.47 Å². The van der Waals surface area contributed by atoms with Gasteiger partial charge in [-0.2, -0.15) is 0 Å². The summed E-state index contributed by atoms with van der Waals surface area (Å²) in [4.78, 5) is 16.9. The van der Waals surface area contributed by atoms with Gasteiger partial charge >= 0.3 is 6.09 Å². The lowest BCUT2D eigenvalue weighted by Crippen LogP contribution is -2.42. The number of hydrogen-bond donors (Lipinski definition) is 0. The van der Waals surface area contributed by atoms with Gasteiger partial charge in [-0.05, 0) is 82.3 Å². The molecule has 8 nitrogen and oxygen atoms in total. The Bertz CT molecular complexity index is 1360. The van der Waals surface area contributed by atoms with E-state index in [1.165, 1.54) is 0 Å². The Morgan fingerprint density at radius 3 is 2.63 bits per heavy atom. The number of ether oxygens (including phenoxy) is 2. The lowest BCUT2D eigenvalue weighted by molar-refractivity contribution is 0.0198. The maximum Gasteiger partial charge on any atom is 0.410 e. The number of hydrogen-bond acceptors (Lipinski definition) is 7. The van der Waals surface area contributed by atoms with E-state index in [0.29, 0.717) is 31.5 Å². The smallest absolute Gasteiger partial charge is 0.410 e. The van der Waals surface area contributed by atoms with Gasteiger partial charge in [0.1, 0.15) is 5.60 Å². The predicted molar refractivity (Wildman–Crippen MR) is 164 cm³/mol. The summed E-state index contributed by atoms with van der Waals surface area (Å²) in [6.07, 6.45) is 5.65. The van der Waals surface area contributed by atoms with Crippen molar-refractivity contribution in [3.63, 3.8) is 0 Å². The molecule has 2 saturated heterocycles.